The number of ether oxygens (including phenoxy) is 2. The van der Waals surface area contributed by atoms with E-state index in [1.807, 2.05) is 12.1 Å². The van der Waals surface area contributed by atoms with E-state index in [0.717, 1.165) is 31.0 Å². The predicted molar refractivity (Wildman–Crippen MR) is 95.1 cm³/mol. The molecule has 0 aliphatic heterocycles. The molecular formula is C19H33NO3. The second kappa shape index (κ2) is 9.78. The van der Waals surface area contributed by atoms with Crippen LogP contribution in [0.5, 0.6) is 11.5 Å². The quantitative estimate of drug-likeness (QED) is 0.715. The first-order chi connectivity index (χ1) is 10.9. The molecule has 132 valence electrons. The molecule has 0 spiro atoms. The number of benzene rings is 1. The molecule has 0 amide bonds. The van der Waals surface area contributed by atoms with E-state index in [-0.39, 0.29) is 12.0 Å². The third kappa shape index (κ3) is 6.80. The maximum atomic E-state index is 10.2. The molecule has 0 unspecified atom stereocenters. The van der Waals surface area contributed by atoms with Crippen LogP contribution >= 0.6 is 0 Å². The zero-order chi connectivity index (χ0) is 17.4. The van der Waals surface area contributed by atoms with Gasteiger partial charge >= 0.3 is 0 Å². The van der Waals surface area contributed by atoms with Crippen LogP contribution in [-0.4, -0.2) is 43.4 Å². The monoisotopic (exact) mass is 323 g/mol. The van der Waals surface area contributed by atoms with Gasteiger partial charge in [0.1, 0.15) is 0 Å². The average molecular weight is 323 g/mol. The van der Waals surface area contributed by atoms with Crippen LogP contribution in [0.25, 0.3) is 0 Å². The van der Waals surface area contributed by atoms with Crippen molar-refractivity contribution in [2.75, 3.05) is 27.3 Å². The van der Waals surface area contributed by atoms with E-state index in [1.165, 1.54) is 5.56 Å². The second-order valence-electron chi connectivity index (χ2n) is 6.92. The van der Waals surface area contributed by atoms with Crippen molar-refractivity contribution in [3.63, 3.8) is 0 Å². The molecule has 0 fully saturated rings. The van der Waals surface area contributed by atoms with Gasteiger partial charge < -0.3 is 14.6 Å². The third-order valence-corrected chi connectivity index (χ3v) is 4.09. The first kappa shape index (κ1) is 19.8. The average Bonchev–Trinajstić information content (AvgIpc) is 2.52. The van der Waals surface area contributed by atoms with Gasteiger partial charge in [-0.05, 0) is 42.5 Å². The number of aliphatic hydroxyl groups excluding tert-OH is 1. The minimum atomic E-state index is -0.303. The highest BCUT2D eigenvalue weighted by Gasteiger charge is 2.16. The standard InChI is InChI=1S/C19H33NO3/c1-14(2)9-10-20(13-17(21)15(3)4)12-16-7-8-18(22-5)19(11-16)23-6/h7-8,11,14-15,17,21H,9-10,12-13H2,1-6H3/t17-/m1/s1. The summed E-state index contributed by atoms with van der Waals surface area (Å²) in [5.74, 6) is 2.41. The van der Waals surface area contributed by atoms with Gasteiger partial charge in [0.25, 0.3) is 0 Å². The molecule has 4 nitrogen and oxygen atoms in total. The lowest BCUT2D eigenvalue weighted by atomic mass is 10.1. The van der Waals surface area contributed by atoms with E-state index in [1.54, 1.807) is 14.2 Å². The molecule has 1 atom stereocenters. The fourth-order valence-corrected chi connectivity index (χ4v) is 2.39. The van der Waals surface area contributed by atoms with Gasteiger partial charge in [-0.15, -0.1) is 0 Å². The summed E-state index contributed by atoms with van der Waals surface area (Å²) in [6.45, 7) is 11.1. The lowest BCUT2D eigenvalue weighted by Crippen LogP contribution is -2.35. The molecule has 4 heteroatoms. The van der Waals surface area contributed by atoms with Crippen LogP contribution in [0.1, 0.15) is 39.7 Å². The highest BCUT2D eigenvalue weighted by molar-refractivity contribution is 5.42. The van der Waals surface area contributed by atoms with Crippen molar-refractivity contribution in [3.8, 4) is 11.5 Å². The Balaban J connectivity index is 2.82. The highest BCUT2D eigenvalue weighted by atomic mass is 16.5. The first-order valence-corrected chi connectivity index (χ1v) is 8.48. The molecule has 1 rings (SSSR count). The van der Waals surface area contributed by atoms with Crippen LogP contribution < -0.4 is 9.47 Å². The van der Waals surface area contributed by atoms with Gasteiger partial charge in [0.05, 0.1) is 20.3 Å². The Labute approximate surface area is 141 Å². The van der Waals surface area contributed by atoms with Crippen molar-refractivity contribution in [1.29, 1.82) is 0 Å². The van der Waals surface area contributed by atoms with E-state index < -0.39 is 0 Å². The molecule has 1 aromatic rings. The van der Waals surface area contributed by atoms with E-state index >= 15 is 0 Å². The van der Waals surface area contributed by atoms with Crippen molar-refractivity contribution in [2.45, 2.75) is 46.8 Å². The topological polar surface area (TPSA) is 41.9 Å². The van der Waals surface area contributed by atoms with Crippen LogP contribution in [0.2, 0.25) is 0 Å². The molecule has 0 aliphatic carbocycles. The largest absolute Gasteiger partial charge is 0.493 e. The summed E-state index contributed by atoms with van der Waals surface area (Å²) in [4.78, 5) is 2.33. The van der Waals surface area contributed by atoms with Crippen molar-refractivity contribution < 1.29 is 14.6 Å². The van der Waals surface area contributed by atoms with Crippen LogP contribution in [-0.2, 0) is 6.54 Å². The minimum Gasteiger partial charge on any atom is -0.493 e. The lowest BCUT2D eigenvalue weighted by molar-refractivity contribution is 0.0711. The Bertz CT molecular complexity index is 460. The third-order valence-electron chi connectivity index (χ3n) is 4.09. The smallest absolute Gasteiger partial charge is 0.161 e. The second-order valence-corrected chi connectivity index (χ2v) is 6.92. The summed E-state index contributed by atoms with van der Waals surface area (Å²) in [6.07, 6.45) is 0.820. The molecule has 1 aromatic carbocycles. The molecule has 0 saturated carbocycles. The van der Waals surface area contributed by atoms with Gasteiger partial charge in [0.2, 0.25) is 0 Å². The summed E-state index contributed by atoms with van der Waals surface area (Å²) < 4.78 is 10.7. The van der Waals surface area contributed by atoms with Crippen molar-refractivity contribution in [1.82, 2.24) is 4.90 Å². The van der Waals surface area contributed by atoms with Crippen LogP contribution in [0.4, 0.5) is 0 Å². The number of hydrogen-bond acceptors (Lipinski definition) is 4. The molecule has 23 heavy (non-hydrogen) atoms. The number of nitrogens with zero attached hydrogens (tertiary/aromatic N) is 1. The summed E-state index contributed by atoms with van der Waals surface area (Å²) in [7, 11) is 3.30. The molecule has 0 heterocycles. The zero-order valence-corrected chi connectivity index (χ0v) is 15.5. The summed E-state index contributed by atoms with van der Waals surface area (Å²) >= 11 is 0. The lowest BCUT2D eigenvalue weighted by Gasteiger charge is -2.27. The summed E-state index contributed by atoms with van der Waals surface area (Å²) in [5, 5.41) is 10.2. The molecule has 0 aliphatic rings. The first-order valence-electron chi connectivity index (χ1n) is 8.48. The van der Waals surface area contributed by atoms with Crippen LogP contribution in [0.3, 0.4) is 0 Å². The predicted octanol–water partition coefficient (Wildman–Crippen LogP) is 3.57. The maximum absolute atomic E-state index is 10.2. The van der Waals surface area contributed by atoms with Crippen molar-refractivity contribution in [2.24, 2.45) is 11.8 Å². The Morgan fingerprint density at radius 2 is 1.70 bits per heavy atom. The van der Waals surface area contributed by atoms with E-state index in [2.05, 4.69) is 38.7 Å². The Kier molecular flexibility index (Phi) is 8.42. The Morgan fingerprint density at radius 3 is 2.22 bits per heavy atom. The zero-order valence-electron chi connectivity index (χ0n) is 15.5. The van der Waals surface area contributed by atoms with Gasteiger partial charge in [0.15, 0.2) is 11.5 Å². The highest BCUT2D eigenvalue weighted by Crippen LogP contribution is 2.28. The van der Waals surface area contributed by atoms with Crippen molar-refractivity contribution in [3.05, 3.63) is 23.8 Å². The van der Waals surface area contributed by atoms with E-state index in [0.29, 0.717) is 12.5 Å². The van der Waals surface area contributed by atoms with Gasteiger partial charge in [-0.25, -0.2) is 0 Å². The Morgan fingerprint density at radius 1 is 1.04 bits per heavy atom. The number of hydrogen-bond donors (Lipinski definition) is 1. The Hall–Kier alpha value is -1.26. The molecule has 0 saturated heterocycles. The van der Waals surface area contributed by atoms with E-state index in [4.69, 9.17) is 9.47 Å². The number of methoxy groups -OCH3 is 2. The van der Waals surface area contributed by atoms with E-state index in [9.17, 15) is 5.11 Å². The van der Waals surface area contributed by atoms with Crippen LogP contribution in [0, 0.1) is 11.8 Å². The maximum Gasteiger partial charge on any atom is 0.161 e. The van der Waals surface area contributed by atoms with Gasteiger partial charge in [0, 0.05) is 13.1 Å². The summed E-state index contributed by atoms with van der Waals surface area (Å²) in [6, 6.07) is 6.02. The van der Waals surface area contributed by atoms with Gasteiger partial charge in [-0.2, -0.15) is 0 Å². The number of aliphatic hydroxyl groups is 1. The molecule has 0 bridgehead atoms. The molecule has 0 aromatic heterocycles. The molecule has 1 N–H and O–H groups in total. The fraction of sp³-hybridized carbons (Fsp3) is 0.684. The molecule has 0 radical (unpaired) electrons. The number of rotatable bonds is 10. The minimum absolute atomic E-state index is 0.266. The van der Waals surface area contributed by atoms with Gasteiger partial charge in [-0.3, -0.25) is 4.90 Å². The fourth-order valence-electron chi connectivity index (χ4n) is 2.39. The van der Waals surface area contributed by atoms with Crippen molar-refractivity contribution >= 4 is 0 Å². The normalized spacial score (nSPS) is 13.0. The summed E-state index contributed by atoms with van der Waals surface area (Å²) in [5.41, 5.74) is 1.17. The molecular weight excluding hydrogens is 290 g/mol. The van der Waals surface area contributed by atoms with Gasteiger partial charge in [-0.1, -0.05) is 33.8 Å². The SMILES string of the molecule is COc1ccc(CN(CCC(C)C)C[C@@H](O)C(C)C)cc1OC. The van der Waals surface area contributed by atoms with Crippen LogP contribution in [0.15, 0.2) is 18.2 Å².